The van der Waals surface area contributed by atoms with Crippen molar-refractivity contribution in [1.29, 1.82) is 0 Å². The van der Waals surface area contributed by atoms with E-state index in [1.54, 1.807) is 53.7 Å². The van der Waals surface area contributed by atoms with Gasteiger partial charge in [0.25, 0.3) is 0 Å². The van der Waals surface area contributed by atoms with E-state index in [9.17, 15) is 14.2 Å². The normalized spacial score (nSPS) is 12.4. The van der Waals surface area contributed by atoms with Gasteiger partial charge >= 0.3 is 13.9 Å². The third-order valence-corrected chi connectivity index (χ3v) is 9.00. The predicted octanol–water partition coefficient (Wildman–Crippen LogP) is 7.01. The molecular weight excluding hydrogens is 670 g/mol. The van der Waals surface area contributed by atoms with Crippen LogP contribution in [0.25, 0.3) is 33.4 Å². The Morgan fingerprint density at radius 1 is 1.04 bits per heavy atom. The zero-order chi connectivity index (χ0) is 36.8. The van der Waals surface area contributed by atoms with Gasteiger partial charge in [-0.05, 0) is 66.7 Å². The fourth-order valence-corrected chi connectivity index (χ4v) is 6.78. The van der Waals surface area contributed by atoms with Crippen molar-refractivity contribution in [3.05, 3.63) is 66.0 Å². The molecule has 0 unspecified atom stereocenters. The number of hydrogen-bond acceptors (Lipinski definition) is 13. The number of rotatable bonds is 9. The second-order valence-electron chi connectivity index (χ2n) is 13.4. The summed E-state index contributed by atoms with van der Waals surface area (Å²) in [6, 6.07) is 5.06. The Morgan fingerprint density at radius 3 is 2.36 bits per heavy atom. The van der Waals surface area contributed by atoms with E-state index in [4.69, 9.17) is 29.6 Å². The van der Waals surface area contributed by atoms with E-state index in [0.717, 1.165) is 10.7 Å². The van der Waals surface area contributed by atoms with E-state index < -0.39 is 30.9 Å². The van der Waals surface area contributed by atoms with Crippen molar-refractivity contribution in [3.8, 4) is 22.4 Å². The molecule has 4 aromatic heterocycles. The van der Waals surface area contributed by atoms with Gasteiger partial charge in [0.2, 0.25) is 0 Å². The summed E-state index contributed by atoms with van der Waals surface area (Å²) in [5.41, 5.74) is 11.8. The van der Waals surface area contributed by atoms with Crippen LogP contribution in [-0.2, 0) is 24.7 Å². The summed E-state index contributed by atoms with van der Waals surface area (Å²) in [7, 11) is -2.57. The number of nitrogens with zero attached hydrogens (tertiary/aromatic N) is 6. The van der Waals surface area contributed by atoms with E-state index in [-0.39, 0.29) is 57.5 Å². The largest absolute Gasteiger partial charge is 0.476 e. The lowest BCUT2D eigenvalue weighted by Crippen LogP contribution is -2.32. The van der Waals surface area contributed by atoms with Crippen molar-refractivity contribution in [1.82, 2.24) is 24.9 Å². The number of halogens is 1. The molecule has 1 aromatic carbocycles. The molecule has 4 heterocycles. The van der Waals surface area contributed by atoms with Crippen LogP contribution in [0.5, 0.6) is 0 Å². The van der Waals surface area contributed by atoms with Crippen LogP contribution in [0.15, 0.2) is 53.6 Å². The van der Waals surface area contributed by atoms with Crippen LogP contribution >= 0.6 is 7.82 Å². The van der Waals surface area contributed by atoms with Gasteiger partial charge in [-0.25, -0.2) is 18.7 Å². The number of nitrogens with two attached hydrogens (primary N) is 2. The van der Waals surface area contributed by atoms with Gasteiger partial charge in [-0.1, -0.05) is 11.2 Å². The van der Waals surface area contributed by atoms with Gasteiger partial charge in [0.05, 0.1) is 35.1 Å². The van der Waals surface area contributed by atoms with Crippen molar-refractivity contribution in [3.63, 3.8) is 0 Å². The van der Waals surface area contributed by atoms with Gasteiger partial charge in [0.15, 0.2) is 17.2 Å². The first-order valence-electron chi connectivity index (χ1n) is 15.3. The first-order chi connectivity index (χ1) is 23.3. The van der Waals surface area contributed by atoms with Gasteiger partial charge < -0.3 is 16.0 Å². The first-order valence-corrected chi connectivity index (χ1v) is 16.8. The zero-order valence-corrected chi connectivity index (χ0v) is 29.7. The monoisotopic (exact) mass is 708 g/mol. The number of aromatic nitrogens is 5. The molecule has 0 saturated carbocycles. The highest BCUT2D eigenvalue weighted by Gasteiger charge is 2.37. The maximum Gasteiger partial charge on any atom is 0.476 e. The summed E-state index contributed by atoms with van der Waals surface area (Å²) in [5.74, 6) is -0.934. The second-order valence-corrected chi connectivity index (χ2v) is 14.9. The minimum atomic E-state index is -4.06. The highest BCUT2D eigenvalue weighted by Crippen LogP contribution is 2.56. The number of phosphoric acid groups is 1. The van der Waals surface area contributed by atoms with Crippen molar-refractivity contribution in [2.75, 3.05) is 23.4 Å². The Balaban J connectivity index is 1.44. The van der Waals surface area contributed by atoms with Crippen molar-refractivity contribution >= 4 is 47.9 Å². The Hall–Kier alpha value is -5.02. The molecule has 0 aliphatic rings. The molecular formula is C33H38FN8O7P. The minimum absolute atomic E-state index is 0.0126. The molecule has 0 aliphatic heterocycles. The molecule has 50 heavy (non-hydrogen) atoms. The Morgan fingerprint density at radius 2 is 1.72 bits per heavy atom. The van der Waals surface area contributed by atoms with Crippen LogP contribution in [0.2, 0.25) is 0 Å². The van der Waals surface area contributed by atoms with Crippen LogP contribution in [0.4, 0.5) is 26.5 Å². The number of amides is 1. The maximum atomic E-state index is 15.1. The van der Waals surface area contributed by atoms with E-state index >= 15 is 4.39 Å². The summed E-state index contributed by atoms with van der Waals surface area (Å²) in [4.78, 5) is 35.8. The number of Topliss-reactive ketones (excluding diaryl/α,β-unsaturated/α-hetero) is 1. The quantitative estimate of drug-likeness (QED) is 0.0899. The minimum Gasteiger partial charge on any atom is -0.398 e. The molecule has 0 saturated heterocycles. The molecule has 0 radical (unpaired) electrons. The number of phosphoric ester groups is 1. The molecule has 0 spiro atoms. The van der Waals surface area contributed by atoms with Crippen molar-refractivity contribution < 1.29 is 36.6 Å². The molecule has 0 atom stereocenters. The Labute approximate surface area is 287 Å². The average molecular weight is 709 g/mol. The summed E-state index contributed by atoms with van der Waals surface area (Å²) in [6.07, 6.45) is 5.74. The number of pyridine rings is 2. The highest BCUT2D eigenvalue weighted by molar-refractivity contribution is 7.48. The highest BCUT2D eigenvalue weighted by atomic mass is 31.2. The lowest BCUT2D eigenvalue weighted by molar-refractivity contribution is 0.000864. The number of nitrogen functional groups attached to an aromatic ring is 2. The van der Waals surface area contributed by atoms with Crippen LogP contribution in [-0.4, -0.2) is 55.0 Å². The van der Waals surface area contributed by atoms with Gasteiger partial charge in [-0.2, -0.15) is 9.78 Å². The number of fused-ring (bicyclic) bond motifs is 1. The second kappa shape index (κ2) is 13.4. The standard InChI is InChI=1S/C33H38FN8O7P/c1-18(43)21-12-22(24(34)13-25(21)35)27-26-28(47-40-29(26)36)23(15-38-27)20-14-39-42(16-20)31(44)41(8)30-19(10-9-11-37-30)17-46-50(45,48-32(2,3)4)49-33(5,6)7/h9-16H,17,35H2,1-8H3,(H2,36,40). The zero-order valence-electron chi connectivity index (χ0n) is 28.8. The molecule has 0 fully saturated rings. The van der Waals surface area contributed by atoms with Gasteiger partial charge in [-0.15, -0.1) is 0 Å². The van der Waals surface area contributed by atoms with Gasteiger partial charge in [0, 0.05) is 59.1 Å². The number of carbonyl (C=O) groups excluding carboxylic acids is 2. The van der Waals surface area contributed by atoms with Crippen LogP contribution in [0.3, 0.4) is 0 Å². The summed E-state index contributed by atoms with van der Waals surface area (Å²) < 4.78 is 52.5. The van der Waals surface area contributed by atoms with E-state index in [2.05, 4.69) is 20.2 Å². The van der Waals surface area contributed by atoms with Crippen LogP contribution < -0.4 is 16.4 Å². The number of benzene rings is 1. The molecule has 0 aliphatic carbocycles. The SMILES string of the molecule is CC(=O)c1cc(-c2ncc(-c3cnn(C(=O)N(C)c4ncccc4COP(=O)(OC(C)(C)C)OC(C)(C)C)c3)c3onc(N)c23)c(F)cc1N. The number of hydrogen-bond donors (Lipinski definition) is 2. The fourth-order valence-electron chi connectivity index (χ4n) is 5.00. The average Bonchev–Trinajstić information content (AvgIpc) is 3.65. The van der Waals surface area contributed by atoms with E-state index in [0.29, 0.717) is 16.7 Å². The Kier molecular flexibility index (Phi) is 9.69. The van der Waals surface area contributed by atoms with E-state index in [1.807, 2.05) is 0 Å². The predicted molar refractivity (Wildman–Crippen MR) is 185 cm³/mol. The summed E-state index contributed by atoms with van der Waals surface area (Å²) in [6.45, 7) is 11.4. The number of carbonyl (C=O) groups is 2. The van der Waals surface area contributed by atoms with E-state index in [1.165, 1.54) is 49.7 Å². The molecule has 5 rings (SSSR count). The molecule has 264 valence electrons. The Bertz CT molecular complexity index is 2130. The smallest absolute Gasteiger partial charge is 0.398 e. The molecule has 15 nitrogen and oxygen atoms in total. The van der Waals surface area contributed by atoms with Crippen LogP contribution in [0, 0.1) is 5.82 Å². The maximum absolute atomic E-state index is 15.1. The summed E-state index contributed by atoms with van der Waals surface area (Å²) in [5, 5.41) is 8.28. The molecule has 17 heteroatoms. The third kappa shape index (κ3) is 7.73. The molecule has 4 N–H and O–H groups in total. The third-order valence-electron chi connectivity index (χ3n) is 7.01. The van der Waals surface area contributed by atoms with Crippen molar-refractivity contribution in [2.24, 2.45) is 0 Å². The summed E-state index contributed by atoms with van der Waals surface area (Å²) >= 11 is 0. The lowest BCUT2D eigenvalue weighted by atomic mass is 9.99. The van der Waals surface area contributed by atoms with Gasteiger partial charge in [-0.3, -0.25) is 28.2 Å². The topological polar surface area (TPSA) is 204 Å². The molecule has 0 bridgehead atoms. The first kappa shape index (κ1) is 36.3. The number of anilines is 3. The van der Waals surface area contributed by atoms with Crippen molar-refractivity contribution in [2.45, 2.75) is 66.3 Å². The lowest BCUT2D eigenvalue weighted by Gasteiger charge is -2.31. The fraction of sp³-hybridized carbons (Fsp3) is 0.333. The number of ketones is 1. The molecule has 1 amide bonds. The van der Waals surface area contributed by atoms with Crippen LogP contribution in [0.1, 0.15) is 64.4 Å². The molecule has 5 aromatic rings. The van der Waals surface area contributed by atoms with Gasteiger partial charge in [0.1, 0.15) is 11.6 Å².